The van der Waals surface area contributed by atoms with Gasteiger partial charge in [0.05, 0.1) is 11.2 Å². The molecule has 0 bridgehead atoms. The lowest BCUT2D eigenvalue weighted by molar-refractivity contribution is 0.765. The fourth-order valence-electron chi connectivity index (χ4n) is 2.32. The predicted molar refractivity (Wildman–Crippen MR) is 84.4 cm³/mol. The average molecular weight is 279 g/mol. The molecule has 0 atom stereocenters. The fourth-order valence-corrected chi connectivity index (χ4v) is 2.32. The number of fused-ring (bicyclic) bond motifs is 1. The predicted octanol–water partition coefficient (Wildman–Crippen LogP) is 3.42. The van der Waals surface area contributed by atoms with Crippen LogP contribution in [0.2, 0.25) is 0 Å². The van der Waals surface area contributed by atoms with E-state index in [4.69, 9.17) is 0 Å². The summed E-state index contributed by atoms with van der Waals surface area (Å²) in [4.78, 5) is 23.9. The maximum atomic E-state index is 12.1. The Morgan fingerprint density at radius 3 is 2.76 bits per heavy atom. The molecule has 0 saturated heterocycles. The van der Waals surface area contributed by atoms with E-state index in [-0.39, 0.29) is 11.5 Å². The van der Waals surface area contributed by atoms with Crippen molar-refractivity contribution in [3.63, 3.8) is 0 Å². The third-order valence-corrected chi connectivity index (χ3v) is 3.60. The molecule has 0 aliphatic carbocycles. The van der Waals surface area contributed by atoms with Crippen molar-refractivity contribution in [1.82, 2.24) is 15.0 Å². The van der Waals surface area contributed by atoms with Gasteiger partial charge in [0, 0.05) is 28.6 Å². The molecular formula is C17H17N3O. The van der Waals surface area contributed by atoms with Gasteiger partial charge in [-0.05, 0) is 19.1 Å². The summed E-state index contributed by atoms with van der Waals surface area (Å²) in [6.07, 6.45) is 1.77. The number of aromatic amines is 1. The molecule has 4 heteroatoms. The van der Waals surface area contributed by atoms with E-state index in [9.17, 15) is 4.79 Å². The number of pyridine rings is 1. The molecule has 0 radical (unpaired) electrons. The summed E-state index contributed by atoms with van der Waals surface area (Å²) in [6.45, 7) is 5.83. The van der Waals surface area contributed by atoms with E-state index >= 15 is 0 Å². The van der Waals surface area contributed by atoms with E-state index in [1.54, 1.807) is 13.1 Å². The van der Waals surface area contributed by atoms with Crippen LogP contribution in [0.25, 0.3) is 22.2 Å². The Labute approximate surface area is 122 Å². The molecule has 21 heavy (non-hydrogen) atoms. The van der Waals surface area contributed by atoms with E-state index < -0.39 is 0 Å². The van der Waals surface area contributed by atoms with Gasteiger partial charge in [0.1, 0.15) is 5.82 Å². The highest BCUT2D eigenvalue weighted by Crippen LogP contribution is 2.24. The second-order valence-electron chi connectivity index (χ2n) is 5.49. The first-order valence-electron chi connectivity index (χ1n) is 7.02. The standard InChI is InChI=1S/C17H17N3O/c1-10(2)16-19-15(11(3)17(21)20-16)13-7-6-12-5-4-8-18-14(12)9-13/h4-10H,1-3H3,(H,19,20,21). The third kappa shape index (κ3) is 2.44. The summed E-state index contributed by atoms with van der Waals surface area (Å²) in [5.41, 5.74) is 3.11. The molecule has 4 nitrogen and oxygen atoms in total. The van der Waals surface area contributed by atoms with Crippen molar-refractivity contribution in [3.05, 3.63) is 58.3 Å². The lowest BCUT2D eigenvalue weighted by Crippen LogP contribution is -2.16. The van der Waals surface area contributed by atoms with Gasteiger partial charge in [0.2, 0.25) is 0 Å². The summed E-state index contributed by atoms with van der Waals surface area (Å²) in [7, 11) is 0. The van der Waals surface area contributed by atoms with Crippen LogP contribution in [0.1, 0.15) is 31.2 Å². The summed E-state index contributed by atoms with van der Waals surface area (Å²) >= 11 is 0. The summed E-state index contributed by atoms with van der Waals surface area (Å²) in [5.74, 6) is 0.886. The first-order chi connectivity index (χ1) is 10.1. The minimum atomic E-state index is -0.0789. The van der Waals surface area contributed by atoms with E-state index in [0.717, 1.165) is 22.2 Å². The number of rotatable bonds is 2. The molecule has 106 valence electrons. The molecule has 0 unspecified atom stereocenters. The number of H-pyrrole nitrogens is 1. The van der Waals surface area contributed by atoms with Crippen LogP contribution < -0.4 is 5.56 Å². The van der Waals surface area contributed by atoms with Gasteiger partial charge >= 0.3 is 0 Å². The number of nitrogens with one attached hydrogen (secondary N) is 1. The minimum absolute atomic E-state index is 0.0789. The van der Waals surface area contributed by atoms with Gasteiger partial charge in [-0.25, -0.2) is 4.98 Å². The van der Waals surface area contributed by atoms with Gasteiger partial charge in [-0.2, -0.15) is 0 Å². The molecular weight excluding hydrogens is 262 g/mol. The highest BCUT2D eigenvalue weighted by atomic mass is 16.1. The zero-order valence-corrected chi connectivity index (χ0v) is 12.3. The van der Waals surface area contributed by atoms with Crippen LogP contribution in [0.4, 0.5) is 0 Å². The Balaban J connectivity index is 2.24. The summed E-state index contributed by atoms with van der Waals surface area (Å²) in [6, 6.07) is 9.91. The molecule has 3 aromatic rings. The van der Waals surface area contributed by atoms with Crippen LogP contribution in [0.15, 0.2) is 41.3 Å². The third-order valence-electron chi connectivity index (χ3n) is 3.60. The highest BCUT2D eigenvalue weighted by Gasteiger charge is 2.12. The normalized spacial score (nSPS) is 11.2. The summed E-state index contributed by atoms with van der Waals surface area (Å²) in [5, 5.41) is 1.08. The molecule has 2 aromatic heterocycles. The summed E-state index contributed by atoms with van der Waals surface area (Å²) < 4.78 is 0. The Morgan fingerprint density at radius 1 is 1.19 bits per heavy atom. The lowest BCUT2D eigenvalue weighted by atomic mass is 10.0. The molecule has 0 aliphatic rings. The van der Waals surface area contributed by atoms with Gasteiger partial charge in [-0.15, -0.1) is 0 Å². The first-order valence-corrected chi connectivity index (χ1v) is 7.02. The molecule has 1 N–H and O–H groups in total. The SMILES string of the molecule is Cc1c(-c2ccc3cccnc3c2)nc(C(C)C)[nH]c1=O. The maximum absolute atomic E-state index is 12.1. The first kappa shape index (κ1) is 13.5. The van der Waals surface area contributed by atoms with E-state index in [1.807, 2.05) is 44.2 Å². The number of aromatic nitrogens is 3. The van der Waals surface area contributed by atoms with Gasteiger partial charge in [-0.1, -0.05) is 32.0 Å². The molecule has 0 spiro atoms. The molecule has 1 aromatic carbocycles. The second kappa shape index (κ2) is 5.13. The highest BCUT2D eigenvalue weighted by molar-refractivity contribution is 5.83. The van der Waals surface area contributed by atoms with Crippen LogP contribution in [0, 0.1) is 6.92 Å². The van der Waals surface area contributed by atoms with Crippen LogP contribution in [-0.4, -0.2) is 15.0 Å². The molecule has 2 heterocycles. The molecule has 0 fully saturated rings. The van der Waals surface area contributed by atoms with Crippen molar-refractivity contribution in [1.29, 1.82) is 0 Å². The van der Waals surface area contributed by atoms with Crippen molar-refractivity contribution in [2.45, 2.75) is 26.7 Å². The largest absolute Gasteiger partial charge is 0.310 e. The molecule has 0 aliphatic heterocycles. The minimum Gasteiger partial charge on any atom is -0.310 e. The Hall–Kier alpha value is -2.49. The number of benzene rings is 1. The lowest BCUT2D eigenvalue weighted by Gasteiger charge is -2.10. The van der Waals surface area contributed by atoms with Crippen LogP contribution in [0.5, 0.6) is 0 Å². The van der Waals surface area contributed by atoms with Crippen molar-refractivity contribution < 1.29 is 0 Å². The number of hydrogen-bond acceptors (Lipinski definition) is 3. The Morgan fingerprint density at radius 2 is 2.00 bits per heavy atom. The number of hydrogen-bond donors (Lipinski definition) is 1. The van der Waals surface area contributed by atoms with Crippen LogP contribution >= 0.6 is 0 Å². The van der Waals surface area contributed by atoms with Crippen molar-refractivity contribution >= 4 is 10.9 Å². The second-order valence-corrected chi connectivity index (χ2v) is 5.49. The van der Waals surface area contributed by atoms with Crippen molar-refractivity contribution in [2.24, 2.45) is 0 Å². The van der Waals surface area contributed by atoms with Gasteiger partial charge in [0.15, 0.2) is 0 Å². The van der Waals surface area contributed by atoms with Crippen LogP contribution in [0.3, 0.4) is 0 Å². The van der Waals surface area contributed by atoms with Gasteiger partial charge in [0.25, 0.3) is 5.56 Å². The maximum Gasteiger partial charge on any atom is 0.254 e. The topological polar surface area (TPSA) is 58.6 Å². The van der Waals surface area contributed by atoms with E-state index in [1.165, 1.54) is 0 Å². The molecule has 0 amide bonds. The van der Waals surface area contributed by atoms with E-state index in [0.29, 0.717) is 11.4 Å². The number of nitrogens with zero attached hydrogens (tertiary/aromatic N) is 2. The van der Waals surface area contributed by atoms with Gasteiger partial charge in [-0.3, -0.25) is 9.78 Å². The van der Waals surface area contributed by atoms with Crippen LogP contribution in [-0.2, 0) is 0 Å². The monoisotopic (exact) mass is 279 g/mol. The van der Waals surface area contributed by atoms with Gasteiger partial charge < -0.3 is 4.98 Å². The average Bonchev–Trinajstić information content (AvgIpc) is 2.49. The van der Waals surface area contributed by atoms with E-state index in [2.05, 4.69) is 15.0 Å². The van der Waals surface area contributed by atoms with Crippen molar-refractivity contribution in [2.75, 3.05) is 0 Å². The quantitative estimate of drug-likeness (QED) is 0.782. The zero-order chi connectivity index (χ0) is 15.0. The zero-order valence-electron chi connectivity index (χ0n) is 12.3. The fraction of sp³-hybridized carbons (Fsp3) is 0.235. The Kier molecular flexibility index (Phi) is 3.29. The smallest absolute Gasteiger partial charge is 0.254 e. The molecule has 0 saturated carbocycles. The Bertz CT molecular complexity index is 865. The van der Waals surface area contributed by atoms with Crippen molar-refractivity contribution in [3.8, 4) is 11.3 Å². The molecule has 3 rings (SSSR count).